The van der Waals surface area contributed by atoms with Gasteiger partial charge in [-0.3, -0.25) is 9.59 Å². The molecule has 5 heteroatoms. The Hall–Kier alpha value is -1.88. The minimum Gasteiger partial charge on any atom is -0.326 e. The lowest BCUT2D eigenvalue weighted by molar-refractivity contribution is -0.115. The maximum Gasteiger partial charge on any atom is 0.238 e. The van der Waals surface area contributed by atoms with Crippen LogP contribution in [0.4, 0.5) is 11.4 Å². The summed E-state index contributed by atoms with van der Waals surface area (Å²) >= 11 is 0. The van der Waals surface area contributed by atoms with Gasteiger partial charge in [0.1, 0.15) is 0 Å². The first-order valence-electron chi connectivity index (χ1n) is 6.50. The number of nitrogens with one attached hydrogen (secondary N) is 3. The number of amides is 2. The highest BCUT2D eigenvalue weighted by molar-refractivity contribution is 5.94. The molecule has 104 valence electrons. The predicted molar refractivity (Wildman–Crippen MR) is 77.2 cm³/mol. The van der Waals surface area contributed by atoms with Crippen LogP contribution in [0.1, 0.15) is 26.7 Å². The summed E-state index contributed by atoms with van der Waals surface area (Å²) in [4.78, 5) is 22.6. The zero-order chi connectivity index (χ0) is 14.1. The number of hydrogen-bond acceptors (Lipinski definition) is 3. The van der Waals surface area contributed by atoms with Crippen molar-refractivity contribution in [1.82, 2.24) is 5.32 Å². The molecule has 0 bridgehead atoms. The highest BCUT2D eigenvalue weighted by atomic mass is 16.2. The number of hydrogen-bond donors (Lipinski definition) is 3. The van der Waals surface area contributed by atoms with Crippen molar-refractivity contribution in [2.75, 3.05) is 23.7 Å². The first-order chi connectivity index (χ1) is 9.11. The van der Waals surface area contributed by atoms with E-state index >= 15 is 0 Å². The molecule has 1 aromatic rings. The molecule has 3 N–H and O–H groups in total. The van der Waals surface area contributed by atoms with E-state index < -0.39 is 0 Å². The van der Waals surface area contributed by atoms with Gasteiger partial charge in [0, 0.05) is 18.3 Å². The molecule has 0 aromatic heterocycles. The first-order valence-corrected chi connectivity index (χ1v) is 6.50. The highest BCUT2D eigenvalue weighted by Gasteiger charge is 2.02. The molecule has 0 saturated carbocycles. The molecule has 2 amide bonds. The van der Waals surface area contributed by atoms with Gasteiger partial charge in [-0.2, -0.15) is 0 Å². The summed E-state index contributed by atoms with van der Waals surface area (Å²) in [5.41, 5.74) is 1.35. The van der Waals surface area contributed by atoms with E-state index in [2.05, 4.69) is 22.9 Å². The van der Waals surface area contributed by atoms with Crippen molar-refractivity contribution in [1.29, 1.82) is 0 Å². The molecule has 0 aliphatic rings. The van der Waals surface area contributed by atoms with Gasteiger partial charge >= 0.3 is 0 Å². The minimum atomic E-state index is -0.135. The Morgan fingerprint density at radius 3 is 2.47 bits per heavy atom. The van der Waals surface area contributed by atoms with Crippen LogP contribution in [0.25, 0.3) is 0 Å². The van der Waals surface area contributed by atoms with Crippen LogP contribution in [0.5, 0.6) is 0 Å². The molecule has 0 aliphatic carbocycles. The molecule has 0 fully saturated rings. The van der Waals surface area contributed by atoms with E-state index in [9.17, 15) is 9.59 Å². The normalized spacial score (nSPS) is 10.0. The van der Waals surface area contributed by atoms with Crippen LogP contribution >= 0.6 is 0 Å². The Morgan fingerprint density at radius 1 is 1.16 bits per heavy atom. The molecule has 0 atom stereocenters. The highest BCUT2D eigenvalue weighted by Crippen LogP contribution is 2.14. The zero-order valence-corrected chi connectivity index (χ0v) is 11.5. The van der Waals surface area contributed by atoms with Gasteiger partial charge in [0.2, 0.25) is 11.8 Å². The van der Waals surface area contributed by atoms with Crippen molar-refractivity contribution in [3.63, 3.8) is 0 Å². The third-order valence-corrected chi connectivity index (χ3v) is 2.46. The van der Waals surface area contributed by atoms with E-state index in [1.54, 1.807) is 24.3 Å². The van der Waals surface area contributed by atoms with E-state index in [4.69, 9.17) is 0 Å². The molecule has 0 spiro atoms. The van der Waals surface area contributed by atoms with Crippen LogP contribution < -0.4 is 16.0 Å². The molecule has 0 unspecified atom stereocenters. The molecule has 0 aliphatic heterocycles. The Balaban J connectivity index is 2.43. The summed E-state index contributed by atoms with van der Waals surface area (Å²) in [6, 6.07) is 7.07. The van der Waals surface area contributed by atoms with Crippen LogP contribution in [0.15, 0.2) is 24.3 Å². The second kappa shape index (κ2) is 8.26. The maximum atomic E-state index is 11.6. The van der Waals surface area contributed by atoms with Crippen molar-refractivity contribution in [3.8, 4) is 0 Å². The summed E-state index contributed by atoms with van der Waals surface area (Å²) in [5.74, 6) is -0.221. The van der Waals surface area contributed by atoms with Crippen molar-refractivity contribution in [3.05, 3.63) is 24.3 Å². The maximum absolute atomic E-state index is 11.6. The van der Waals surface area contributed by atoms with Crippen LogP contribution in [-0.4, -0.2) is 24.9 Å². The Labute approximate surface area is 113 Å². The van der Waals surface area contributed by atoms with E-state index in [-0.39, 0.29) is 11.8 Å². The third kappa shape index (κ3) is 6.57. The van der Waals surface area contributed by atoms with Crippen LogP contribution in [0, 0.1) is 0 Å². The smallest absolute Gasteiger partial charge is 0.238 e. The van der Waals surface area contributed by atoms with Gasteiger partial charge in [0.05, 0.1) is 6.54 Å². The van der Waals surface area contributed by atoms with Crippen LogP contribution in [-0.2, 0) is 9.59 Å². The standard InChI is InChI=1S/C14H21N3O2/c1-3-4-8-15-10-14(19)17-13-7-5-6-12(9-13)16-11(2)18/h5-7,9,15H,3-4,8,10H2,1-2H3,(H,16,18)(H,17,19). The molecule has 1 rings (SSSR count). The fraction of sp³-hybridized carbons (Fsp3) is 0.429. The number of benzene rings is 1. The molecule has 5 nitrogen and oxygen atoms in total. The molecule has 0 radical (unpaired) electrons. The summed E-state index contributed by atoms with van der Waals surface area (Å²) in [7, 11) is 0. The predicted octanol–water partition coefficient (Wildman–Crippen LogP) is 1.97. The fourth-order valence-electron chi connectivity index (χ4n) is 1.59. The van der Waals surface area contributed by atoms with Gasteiger partial charge in [0.15, 0.2) is 0 Å². The monoisotopic (exact) mass is 263 g/mol. The van der Waals surface area contributed by atoms with Gasteiger partial charge in [-0.1, -0.05) is 19.4 Å². The van der Waals surface area contributed by atoms with Gasteiger partial charge in [0.25, 0.3) is 0 Å². The Bertz CT molecular complexity index is 432. The molecule has 0 saturated heterocycles. The Kier molecular flexibility index (Phi) is 6.60. The molecule has 0 heterocycles. The minimum absolute atomic E-state index is 0.0870. The van der Waals surface area contributed by atoms with Crippen molar-refractivity contribution >= 4 is 23.2 Å². The van der Waals surface area contributed by atoms with E-state index in [1.165, 1.54) is 6.92 Å². The van der Waals surface area contributed by atoms with Crippen molar-refractivity contribution in [2.45, 2.75) is 26.7 Å². The van der Waals surface area contributed by atoms with Gasteiger partial charge in [-0.25, -0.2) is 0 Å². The van der Waals surface area contributed by atoms with Crippen molar-refractivity contribution < 1.29 is 9.59 Å². The average molecular weight is 263 g/mol. The fourth-order valence-corrected chi connectivity index (χ4v) is 1.59. The lowest BCUT2D eigenvalue weighted by Crippen LogP contribution is -2.28. The summed E-state index contributed by atoms with van der Waals surface area (Å²) in [5, 5.41) is 8.52. The lowest BCUT2D eigenvalue weighted by Gasteiger charge is -2.08. The van der Waals surface area contributed by atoms with E-state index in [0.29, 0.717) is 17.9 Å². The molecule has 19 heavy (non-hydrogen) atoms. The number of carbonyl (C=O) groups is 2. The topological polar surface area (TPSA) is 70.2 Å². The van der Waals surface area contributed by atoms with Crippen LogP contribution in [0.2, 0.25) is 0 Å². The van der Waals surface area contributed by atoms with E-state index in [0.717, 1.165) is 19.4 Å². The second-order valence-corrected chi connectivity index (χ2v) is 4.34. The van der Waals surface area contributed by atoms with Crippen molar-refractivity contribution in [2.24, 2.45) is 0 Å². The van der Waals surface area contributed by atoms with Gasteiger partial charge in [-0.05, 0) is 31.2 Å². The van der Waals surface area contributed by atoms with Crippen LogP contribution in [0.3, 0.4) is 0 Å². The number of rotatable bonds is 7. The largest absolute Gasteiger partial charge is 0.326 e. The van der Waals surface area contributed by atoms with Gasteiger partial charge < -0.3 is 16.0 Å². The SMILES string of the molecule is CCCCNCC(=O)Nc1cccc(NC(C)=O)c1. The Morgan fingerprint density at radius 2 is 1.84 bits per heavy atom. The summed E-state index contributed by atoms with van der Waals surface area (Å²) in [6.45, 7) is 4.69. The summed E-state index contributed by atoms with van der Waals surface area (Å²) in [6.07, 6.45) is 2.17. The number of unbranched alkanes of at least 4 members (excludes halogenated alkanes) is 1. The van der Waals surface area contributed by atoms with Gasteiger partial charge in [-0.15, -0.1) is 0 Å². The quantitative estimate of drug-likeness (QED) is 0.659. The molecular weight excluding hydrogens is 242 g/mol. The molecule has 1 aromatic carbocycles. The second-order valence-electron chi connectivity index (χ2n) is 4.34. The molecular formula is C14H21N3O2. The number of carbonyl (C=O) groups excluding carboxylic acids is 2. The zero-order valence-electron chi connectivity index (χ0n) is 11.5. The first kappa shape index (κ1) is 15.2. The lowest BCUT2D eigenvalue weighted by atomic mass is 10.2. The van der Waals surface area contributed by atoms with E-state index in [1.807, 2.05) is 0 Å². The summed E-state index contributed by atoms with van der Waals surface area (Å²) < 4.78 is 0. The third-order valence-electron chi connectivity index (χ3n) is 2.46. The number of anilines is 2. The average Bonchev–Trinajstić information content (AvgIpc) is 2.34.